The molecule has 3 aromatic heterocycles. The molecule has 4 nitrogen and oxygen atoms in total. The van der Waals surface area contributed by atoms with Crippen LogP contribution in [0.4, 0.5) is 17.1 Å². The second-order valence-corrected chi connectivity index (χ2v) is 16.5. The number of thiophene rings is 1. The van der Waals surface area contributed by atoms with Gasteiger partial charge in [-0.15, -0.1) is 11.3 Å². The lowest BCUT2D eigenvalue weighted by Gasteiger charge is -2.28. The first-order chi connectivity index (χ1) is 30.2. The molecule has 3 heterocycles. The van der Waals surface area contributed by atoms with E-state index in [1.54, 1.807) is 0 Å². The van der Waals surface area contributed by atoms with Crippen LogP contribution in [-0.2, 0) is 0 Å². The van der Waals surface area contributed by atoms with E-state index in [1.807, 2.05) is 23.5 Å². The van der Waals surface area contributed by atoms with E-state index in [0.717, 1.165) is 67.1 Å². The summed E-state index contributed by atoms with van der Waals surface area (Å²) < 4.78 is 4.90. The Balaban J connectivity index is 1.09. The predicted octanol–water partition coefficient (Wildman–Crippen LogP) is 15.6. The molecule has 9 aromatic carbocycles. The molecule has 61 heavy (non-hydrogen) atoms. The SMILES string of the molecule is c1ccc(-c2cc3c(cc2N(c2ccc(-c4nc(-c5ccccc5)c5ccccc5n4)cc2)c2ccc4c(c2)c2ccccc2n4-c2ccccc2)sc2ccccc23)cc1. The molecule has 0 fully saturated rings. The van der Waals surface area contributed by atoms with Crippen molar-refractivity contribution >= 4 is 81.3 Å². The molecule has 0 atom stereocenters. The van der Waals surface area contributed by atoms with Crippen LogP contribution in [0.3, 0.4) is 0 Å². The molecule has 0 unspecified atom stereocenters. The van der Waals surface area contributed by atoms with Gasteiger partial charge in [-0.25, -0.2) is 9.97 Å². The Morgan fingerprint density at radius 2 is 1.02 bits per heavy atom. The van der Waals surface area contributed by atoms with Crippen molar-refractivity contribution in [2.75, 3.05) is 4.90 Å². The van der Waals surface area contributed by atoms with Crippen molar-refractivity contribution in [3.8, 4) is 39.5 Å². The van der Waals surface area contributed by atoms with E-state index < -0.39 is 0 Å². The van der Waals surface area contributed by atoms with Gasteiger partial charge in [0.2, 0.25) is 0 Å². The summed E-state index contributed by atoms with van der Waals surface area (Å²) in [5.41, 5.74) is 12.9. The van der Waals surface area contributed by atoms with Gasteiger partial charge in [-0.05, 0) is 90.5 Å². The largest absolute Gasteiger partial charge is 0.310 e. The number of fused-ring (bicyclic) bond motifs is 7. The highest BCUT2D eigenvalue weighted by molar-refractivity contribution is 7.25. The van der Waals surface area contributed by atoms with Crippen molar-refractivity contribution in [2.45, 2.75) is 0 Å². The lowest BCUT2D eigenvalue weighted by atomic mass is 9.98. The molecule has 0 spiro atoms. The summed E-state index contributed by atoms with van der Waals surface area (Å²) in [6, 6.07) is 78.1. The topological polar surface area (TPSA) is 34.0 Å². The zero-order valence-corrected chi connectivity index (χ0v) is 33.8. The summed E-state index contributed by atoms with van der Waals surface area (Å²) in [6.07, 6.45) is 0. The second-order valence-electron chi connectivity index (χ2n) is 15.4. The number of nitrogens with zero attached hydrogens (tertiary/aromatic N) is 4. The number of para-hydroxylation sites is 3. The number of anilines is 3. The van der Waals surface area contributed by atoms with Crippen LogP contribution in [0, 0.1) is 0 Å². The van der Waals surface area contributed by atoms with Crippen molar-refractivity contribution in [3.63, 3.8) is 0 Å². The summed E-state index contributed by atoms with van der Waals surface area (Å²) in [5, 5.41) is 5.99. The van der Waals surface area contributed by atoms with Gasteiger partial charge in [0.05, 0.1) is 27.9 Å². The first-order valence-corrected chi connectivity index (χ1v) is 21.4. The molecule has 5 heteroatoms. The summed E-state index contributed by atoms with van der Waals surface area (Å²) in [5.74, 6) is 0.697. The van der Waals surface area contributed by atoms with Crippen LogP contribution >= 0.6 is 11.3 Å². The van der Waals surface area contributed by atoms with Crippen molar-refractivity contribution in [2.24, 2.45) is 0 Å². The van der Waals surface area contributed by atoms with Crippen LogP contribution in [0.2, 0.25) is 0 Å². The Morgan fingerprint density at radius 3 is 1.80 bits per heavy atom. The molecule has 0 saturated carbocycles. The Labute approximate surface area is 356 Å². The van der Waals surface area contributed by atoms with Crippen molar-refractivity contribution in [1.29, 1.82) is 0 Å². The van der Waals surface area contributed by atoms with Gasteiger partial charge >= 0.3 is 0 Å². The first kappa shape index (κ1) is 35.1. The van der Waals surface area contributed by atoms with Crippen LogP contribution in [0.5, 0.6) is 0 Å². The second kappa shape index (κ2) is 14.5. The van der Waals surface area contributed by atoms with E-state index in [0.29, 0.717) is 5.82 Å². The molecule has 0 bridgehead atoms. The zero-order chi connectivity index (χ0) is 40.3. The standard InChI is InChI=1S/C56H36N4S/c1-4-16-37(17-5-1)46-35-48-44-23-12-15-27-53(44)61-54(48)36-52(46)59(42-32-33-51-47(34-42)43-22-11-14-26-50(43)60(51)40-20-8-3-9-21-40)41-30-28-39(29-31-41)56-57-49-25-13-10-24-45(49)55(58-56)38-18-6-2-7-19-38/h1-36H. The van der Waals surface area contributed by atoms with Gasteiger partial charge in [0.25, 0.3) is 0 Å². The van der Waals surface area contributed by atoms with Gasteiger partial charge < -0.3 is 9.47 Å². The molecule has 0 aliphatic heterocycles. The Hall–Kier alpha value is -7.86. The molecular weight excluding hydrogens is 761 g/mol. The molecule has 286 valence electrons. The van der Waals surface area contributed by atoms with E-state index in [9.17, 15) is 0 Å². The van der Waals surface area contributed by atoms with Gasteiger partial charge in [-0.2, -0.15) is 0 Å². The summed E-state index contributed by atoms with van der Waals surface area (Å²) in [7, 11) is 0. The number of benzene rings is 9. The highest BCUT2D eigenvalue weighted by Crippen LogP contribution is 2.47. The highest BCUT2D eigenvalue weighted by atomic mass is 32.1. The molecule has 0 N–H and O–H groups in total. The van der Waals surface area contributed by atoms with Crippen molar-refractivity contribution in [1.82, 2.24) is 14.5 Å². The fourth-order valence-corrected chi connectivity index (χ4v) is 10.1. The number of aromatic nitrogens is 3. The summed E-state index contributed by atoms with van der Waals surface area (Å²) in [6.45, 7) is 0. The van der Waals surface area contributed by atoms with Crippen LogP contribution in [0.1, 0.15) is 0 Å². The summed E-state index contributed by atoms with van der Waals surface area (Å²) in [4.78, 5) is 12.7. The van der Waals surface area contributed by atoms with Crippen LogP contribution in [0.25, 0.3) is 92.3 Å². The number of hydrogen-bond donors (Lipinski definition) is 0. The molecule has 12 rings (SSSR count). The van der Waals surface area contributed by atoms with Gasteiger partial charge in [0.15, 0.2) is 5.82 Å². The van der Waals surface area contributed by atoms with E-state index in [1.165, 1.54) is 36.5 Å². The quantitative estimate of drug-likeness (QED) is 0.161. The predicted molar refractivity (Wildman–Crippen MR) is 258 cm³/mol. The lowest BCUT2D eigenvalue weighted by Crippen LogP contribution is -2.11. The minimum Gasteiger partial charge on any atom is -0.310 e. The van der Waals surface area contributed by atoms with E-state index in [4.69, 9.17) is 9.97 Å². The summed E-state index contributed by atoms with van der Waals surface area (Å²) >= 11 is 1.85. The van der Waals surface area contributed by atoms with E-state index in [2.05, 4.69) is 216 Å². The van der Waals surface area contributed by atoms with Gasteiger partial charge in [0.1, 0.15) is 0 Å². The molecule has 0 aliphatic rings. The average Bonchev–Trinajstić information content (AvgIpc) is 3.87. The fraction of sp³-hybridized carbons (Fsp3) is 0. The Bertz CT molecular complexity index is 3580. The minimum absolute atomic E-state index is 0.697. The van der Waals surface area contributed by atoms with E-state index >= 15 is 0 Å². The number of hydrogen-bond acceptors (Lipinski definition) is 4. The van der Waals surface area contributed by atoms with Crippen molar-refractivity contribution in [3.05, 3.63) is 218 Å². The zero-order valence-electron chi connectivity index (χ0n) is 33.0. The average molecular weight is 797 g/mol. The lowest BCUT2D eigenvalue weighted by molar-refractivity contribution is 1.18. The number of rotatable bonds is 7. The first-order valence-electron chi connectivity index (χ1n) is 20.6. The van der Waals surface area contributed by atoms with Gasteiger partial charge in [-0.1, -0.05) is 133 Å². The monoisotopic (exact) mass is 796 g/mol. The maximum atomic E-state index is 5.21. The van der Waals surface area contributed by atoms with E-state index in [-0.39, 0.29) is 0 Å². The molecule has 0 amide bonds. The maximum absolute atomic E-state index is 5.21. The Morgan fingerprint density at radius 1 is 0.393 bits per heavy atom. The fourth-order valence-electron chi connectivity index (χ4n) is 8.96. The minimum atomic E-state index is 0.697. The highest BCUT2D eigenvalue weighted by Gasteiger charge is 2.22. The third-order valence-corrected chi connectivity index (χ3v) is 12.9. The molecule has 0 saturated heterocycles. The Kier molecular flexibility index (Phi) is 8.32. The van der Waals surface area contributed by atoms with Crippen LogP contribution in [0.15, 0.2) is 218 Å². The molecule has 0 radical (unpaired) electrons. The maximum Gasteiger partial charge on any atom is 0.160 e. The van der Waals surface area contributed by atoms with Gasteiger partial charge in [-0.3, -0.25) is 0 Å². The molecular formula is C56H36N4S. The third kappa shape index (κ3) is 5.97. The smallest absolute Gasteiger partial charge is 0.160 e. The van der Waals surface area contributed by atoms with Crippen LogP contribution < -0.4 is 4.90 Å². The third-order valence-electron chi connectivity index (χ3n) is 11.8. The molecule has 12 aromatic rings. The van der Waals surface area contributed by atoms with Gasteiger partial charge in [0, 0.05) is 70.1 Å². The normalized spacial score (nSPS) is 11.6. The van der Waals surface area contributed by atoms with Crippen LogP contribution in [-0.4, -0.2) is 14.5 Å². The molecule has 0 aliphatic carbocycles. The van der Waals surface area contributed by atoms with Crippen molar-refractivity contribution < 1.29 is 0 Å².